The molecule has 4 nitrogen and oxygen atoms in total. The summed E-state index contributed by atoms with van der Waals surface area (Å²) in [7, 11) is 0. The van der Waals surface area contributed by atoms with Gasteiger partial charge in [0.1, 0.15) is 0 Å². The number of aromatic amines is 1. The first kappa shape index (κ1) is 14.5. The van der Waals surface area contributed by atoms with E-state index >= 15 is 0 Å². The van der Waals surface area contributed by atoms with Gasteiger partial charge in [-0.15, -0.1) is 11.3 Å². The molecule has 1 aliphatic carbocycles. The minimum atomic E-state index is 0.146. The standard InChI is InChI=1S/C18H19N3OS/c1-11-3-6-16-15(9-11)14(12(2)20-16)10-17(22)21(13-4-5-13)18-19-7-8-23-18/h3,6-9,13,20H,4-5,10H2,1-2H3. The van der Waals surface area contributed by atoms with Crippen LogP contribution in [-0.4, -0.2) is 21.9 Å². The van der Waals surface area contributed by atoms with Gasteiger partial charge < -0.3 is 4.98 Å². The number of thiazole rings is 1. The van der Waals surface area contributed by atoms with Crippen LogP contribution < -0.4 is 4.90 Å². The Morgan fingerprint density at radius 2 is 2.22 bits per heavy atom. The molecule has 1 aromatic carbocycles. The number of nitrogens with one attached hydrogen (secondary N) is 1. The van der Waals surface area contributed by atoms with Crippen LogP contribution in [0.1, 0.15) is 29.7 Å². The number of benzene rings is 1. The zero-order valence-electron chi connectivity index (χ0n) is 13.3. The molecular weight excluding hydrogens is 306 g/mol. The molecule has 1 amide bonds. The van der Waals surface area contributed by atoms with E-state index in [1.807, 2.05) is 17.2 Å². The maximum atomic E-state index is 13.0. The molecule has 0 bridgehead atoms. The summed E-state index contributed by atoms with van der Waals surface area (Å²) in [5.41, 5.74) is 4.50. The maximum Gasteiger partial charge on any atom is 0.233 e. The minimum absolute atomic E-state index is 0.146. The van der Waals surface area contributed by atoms with Crippen molar-refractivity contribution in [2.24, 2.45) is 0 Å². The van der Waals surface area contributed by atoms with Crippen molar-refractivity contribution >= 4 is 33.3 Å². The smallest absolute Gasteiger partial charge is 0.233 e. The lowest BCUT2D eigenvalue weighted by Crippen LogP contribution is -2.34. The van der Waals surface area contributed by atoms with Crippen LogP contribution in [-0.2, 0) is 11.2 Å². The highest BCUT2D eigenvalue weighted by atomic mass is 32.1. The van der Waals surface area contributed by atoms with Crippen LogP contribution in [0.2, 0.25) is 0 Å². The number of amides is 1. The number of carbonyl (C=O) groups is 1. The van der Waals surface area contributed by atoms with Gasteiger partial charge in [-0.3, -0.25) is 9.69 Å². The number of nitrogens with zero attached hydrogens (tertiary/aromatic N) is 2. The summed E-state index contributed by atoms with van der Waals surface area (Å²) in [5.74, 6) is 0.146. The molecular formula is C18H19N3OS. The molecule has 0 aliphatic heterocycles. The topological polar surface area (TPSA) is 49.0 Å². The number of hydrogen-bond acceptors (Lipinski definition) is 3. The number of carbonyl (C=O) groups excluding carboxylic acids is 1. The molecule has 0 radical (unpaired) electrons. The fourth-order valence-corrected chi connectivity index (χ4v) is 3.82. The average molecular weight is 325 g/mol. The molecule has 1 saturated carbocycles. The average Bonchev–Trinajstić information content (AvgIpc) is 3.11. The monoisotopic (exact) mass is 325 g/mol. The van der Waals surface area contributed by atoms with Gasteiger partial charge in [-0.25, -0.2) is 4.98 Å². The number of hydrogen-bond donors (Lipinski definition) is 1. The van der Waals surface area contributed by atoms with E-state index in [9.17, 15) is 4.79 Å². The molecule has 118 valence electrons. The van der Waals surface area contributed by atoms with Gasteiger partial charge in [0, 0.05) is 34.2 Å². The van der Waals surface area contributed by atoms with Crippen LogP contribution in [0.3, 0.4) is 0 Å². The number of fused-ring (bicyclic) bond motifs is 1. The van der Waals surface area contributed by atoms with Crippen LogP contribution >= 0.6 is 11.3 Å². The molecule has 0 saturated heterocycles. The van der Waals surface area contributed by atoms with E-state index in [0.717, 1.165) is 40.1 Å². The van der Waals surface area contributed by atoms with E-state index in [1.54, 1.807) is 6.20 Å². The SMILES string of the molecule is Cc1ccc2[nH]c(C)c(CC(=O)N(c3nccs3)C3CC3)c2c1. The fourth-order valence-electron chi connectivity index (χ4n) is 3.09. The van der Waals surface area contributed by atoms with Crippen molar-refractivity contribution in [2.45, 2.75) is 39.2 Å². The predicted octanol–water partition coefficient (Wildman–Crippen LogP) is 3.98. The van der Waals surface area contributed by atoms with E-state index in [4.69, 9.17) is 0 Å². The van der Waals surface area contributed by atoms with Crippen molar-refractivity contribution in [3.63, 3.8) is 0 Å². The highest BCUT2D eigenvalue weighted by molar-refractivity contribution is 7.13. The zero-order chi connectivity index (χ0) is 16.0. The molecule has 1 N–H and O–H groups in total. The van der Waals surface area contributed by atoms with Gasteiger partial charge in [0.05, 0.1) is 6.42 Å². The lowest BCUT2D eigenvalue weighted by atomic mass is 10.1. The van der Waals surface area contributed by atoms with E-state index in [-0.39, 0.29) is 5.91 Å². The Hall–Kier alpha value is -2.14. The van der Waals surface area contributed by atoms with Gasteiger partial charge in [0.25, 0.3) is 0 Å². The van der Waals surface area contributed by atoms with Gasteiger partial charge in [-0.1, -0.05) is 11.6 Å². The van der Waals surface area contributed by atoms with Crippen LogP contribution in [0.4, 0.5) is 5.13 Å². The molecule has 2 heterocycles. The summed E-state index contributed by atoms with van der Waals surface area (Å²) in [5, 5.41) is 3.91. The molecule has 0 unspecified atom stereocenters. The van der Waals surface area contributed by atoms with E-state index in [2.05, 4.69) is 35.1 Å². The van der Waals surface area contributed by atoms with Crippen LogP contribution in [0.15, 0.2) is 29.8 Å². The largest absolute Gasteiger partial charge is 0.358 e. The molecule has 3 aromatic rings. The molecule has 4 rings (SSSR count). The van der Waals surface area contributed by atoms with Crippen molar-refractivity contribution in [1.29, 1.82) is 0 Å². The number of anilines is 1. The lowest BCUT2D eigenvalue weighted by Gasteiger charge is -2.19. The van der Waals surface area contributed by atoms with Crippen molar-refractivity contribution in [2.75, 3.05) is 4.90 Å². The number of H-pyrrole nitrogens is 1. The van der Waals surface area contributed by atoms with Crippen molar-refractivity contribution in [3.05, 3.63) is 46.6 Å². The summed E-state index contributed by atoms with van der Waals surface area (Å²) in [6.07, 6.45) is 4.35. The Morgan fingerprint density at radius 1 is 1.39 bits per heavy atom. The Labute approximate surface area is 139 Å². The van der Waals surface area contributed by atoms with Gasteiger partial charge in [0.2, 0.25) is 5.91 Å². The minimum Gasteiger partial charge on any atom is -0.358 e. The molecule has 2 aromatic heterocycles. The maximum absolute atomic E-state index is 13.0. The first-order chi connectivity index (χ1) is 11.1. The highest BCUT2D eigenvalue weighted by Gasteiger charge is 2.35. The Bertz CT molecular complexity index is 862. The van der Waals surface area contributed by atoms with E-state index < -0.39 is 0 Å². The van der Waals surface area contributed by atoms with Crippen molar-refractivity contribution in [1.82, 2.24) is 9.97 Å². The molecule has 0 atom stereocenters. The molecule has 5 heteroatoms. The molecule has 23 heavy (non-hydrogen) atoms. The van der Waals surface area contributed by atoms with Crippen molar-refractivity contribution in [3.8, 4) is 0 Å². The van der Waals surface area contributed by atoms with Gasteiger partial charge in [0.15, 0.2) is 5.13 Å². The fraction of sp³-hybridized carbons (Fsp3) is 0.333. The van der Waals surface area contributed by atoms with Gasteiger partial charge >= 0.3 is 0 Å². The predicted molar refractivity (Wildman–Crippen MR) is 94.1 cm³/mol. The highest BCUT2D eigenvalue weighted by Crippen LogP contribution is 2.34. The zero-order valence-corrected chi connectivity index (χ0v) is 14.1. The van der Waals surface area contributed by atoms with Crippen LogP contribution in [0.25, 0.3) is 10.9 Å². The first-order valence-electron chi connectivity index (χ1n) is 7.93. The summed E-state index contributed by atoms with van der Waals surface area (Å²) in [6.45, 7) is 4.13. The lowest BCUT2D eigenvalue weighted by molar-refractivity contribution is -0.118. The quantitative estimate of drug-likeness (QED) is 0.789. The summed E-state index contributed by atoms with van der Waals surface area (Å²) >= 11 is 1.54. The summed E-state index contributed by atoms with van der Waals surface area (Å²) in [6, 6.07) is 6.67. The normalized spacial score (nSPS) is 14.3. The summed E-state index contributed by atoms with van der Waals surface area (Å²) < 4.78 is 0. The van der Waals surface area contributed by atoms with Crippen LogP contribution in [0, 0.1) is 13.8 Å². The molecule has 1 fully saturated rings. The van der Waals surface area contributed by atoms with Gasteiger partial charge in [-0.05, 0) is 44.4 Å². The van der Waals surface area contributed by atoms with Crippen molar-refractivity contribution < 1.29 is 4.79 Å². The van der Waals surface area contributed by atoms with E-state index in [1.165, 1.54) is 16.9 Å². The third-order valence-corrected chi connectivity index (χ3v) is 5.18. The second kappa shape index (κ2) is 5.49. The van der Waals surface area contributed by atoms with E-state index in [0.29, 0.717) is 12.5 Å². The number of rotatable bonds is 4. The Kier molecular flexibility index (Phi) is 3.45. The number of aromatic nitrogens is 2. The van der Waals surface area contributed by atoms with Gasteiger partial charge in [-0.2, -0.15) is 0 Å². The third-order valence-electron chi connectivity index (χ3n) is 4.41. The third kappa shape index (κ3) is 2.65. The summed E-state index contributed by atoms with van der Waals surface area (Å²) in [4.78, 5) is 22.6. The Morgan fingerprint density at radius 3 is 2.91 bits per heavy atom. The Balaban J connectivity index is 1.68. The number of aryl methyl sites for hydroxylation is 2. The first-order valence-corrected chi connectivity index (χ1v) is 8.81. The van der Waals surface area contributed by atoms with Crippen LogP contribution in [0.5, 0.6) is 0 Å². The molecule has 0 spiro atoms. The second-order valence-electron chi connectivity index (χ2n) is 6.26. The second-order valence-corrected chi connectivity index (χ2v) is 7.14. The molecule has 1 aliphatic rings.